The second kappa shape index (κ2) is 3.60. The molecule has 2 atom stereocenters. The van der Waals surface area contributed by atoms with E-state index in [2.05, 4.69) is 39.7 Å². The first-order valence-electron chi connectivity index (χ1n) is 4.71. The fourth-order valence-corrected chi connectivity index (χ4v) is 2.62. The van der Waals surface area contributed by atoms with Gasteiger partial charge in [0.1, 0.15) is 0 Å². The number of alkyl halides is 1. The van der Waals surface area contributed by atoms with Gasteiger partial charge >= 0.3 is 0 Å². The maximum atomic E-state index is 11.8. The zero-order valence-electron chi connectivity index (χ0n) is 8.33. The fraction of sp³-hybridized carbons (Fsp3) is 0.667. The summed E-state index contributed by atoms with van der Waals surface area (Å²) in [5.74, 6) is 0.216. The lowest BCUT2D eigenvalue weighted by Crippen LogP contribution is -2.50. The van der Waals surface area contributed by atoms with Crippen molar-refractivity contribution in [3.8, 4) is 0 Å². The molecular weight excluding hydrogens is 293 g/mol. The lowest BCUT2D eigenvalue weighted by molar-refractivity contribution is -0.132. The summed E-state index contributed by atoms with van der Waals surface area (Å²) >= 11 is 2.23. The number of allylic oxidation sites excluding steroid dienone is 1. The van der Waals surface area contributed by atoms with E-state index in [9.17, 15) is 4.79 Å². The first-order valence-corrected chi connectivity index (χ1v) is 5.96. The summed E-state index contributed by atoms with van der Waals surface area (Å²) in [6.07, 6.45) is 2.93. The molecule has 0 saturated carbocycles. The van der Waals surface area contributed by atoms with Crippen molar-refractivity contribution in [3.63, 3.8) is 0 Å². The van der Waals surface area contributed by atoms with Crippen molar-refractivity contribution in [2.75, 3.05) is 13.6 Å². The zero-order valence-corrected chi connectivity index (χ0v) is 10.5. The third-order valence-corrected chi connectivity index (χ3v) is 3.95. The Balaban J connectivity index is 2.22. The minimum atomic E-state index is 0.0299. The number of carbonyl (C=O) groups is 1. The molecule has 1 saturated heterocycles. The monoisotopic (exact) mass is 307 g/mol. The molecule has 2 aliphatic rings. The molecule has 0 bridgehead atoms. The standard InChI is InChI=1S/C9H14IN3O/c1-6-5-11-9-12(2)8(14)7(10)3-4-13(6)9/h5,7,9,11H,3-4H2,1-2H3. The van der Waals surface area contributed by atoms with Gasteiger partial charge in [-0.15, -0.1) is 0 Å². The zero-order chi connectivity index (χ0) is 10.3. The molecule has 0 aromatic heterocycles. The van der Waals surface area contributed by atoms with E-state index in [0.29, 0.717) is 0 Å². The number of rotatable bonds is 0. The van der Waals surface area contributed by atoms with Gasteiger partial charge in [-0.25, -0.2) is 0 Å². The molecule has 2 unspecified atom stereocenters. The van der Waals surface area contributed by atoms with E-state index in [4.69, 9.17) is 0 Å². The molecular formula is C9H14IN3O. The molecule has 2 rings (SSSR count). The van der Waals surface area contributed by atoms with Gasteiger partial charge in [0, 0.05) is 25.5 Å². The lowest BCUT2D eigenvalue weighted by Gasteiger charge is -2.31. The molecule has 0 radical (unpaired) electrons. The molecule has 1 N–H and O–H groups in total. The molecule has 2 heterocycles. The third kappa shape index (κ3) is 1.47. The van der Waals surface area contributed by atoms with E-state index in [-0.39, 0.29) is 16.1 Å². The number of amides is 1. The summed E-state index contributed by atoms with van der Waals surface area (Å²) in [4.78, 5) is 15.8. The average molecular weight is 307 g/mol. The van der Waals surface area contributed by atoms with Gasteiger partial charge in [-0.1, -0.05) is 22.6 Å². The molecule has 4 nitrogen and oxygen atoms in total. The summed E-state index contributed by atoms with van der Waals surface area (Å²) in [7, 11) is 1.86. The van der Waals surface area contributed by atoms with Crippen molar-refractivity contribution in [1.29, 1.82) is 0 Å². The van der Waals surface area contributed by atoms with Gasteiger partial charge in [0.05, 0.1) is 3.92 Å². The summed E-state index contributed by atoms with van der Waals surface area (Å²) in [5.41, 5.74) is 1.21. The second-order valence-electron chi connectivity index (χ2n) is 3.72. The Morgan fingerprint density at radius 1 is 1.64 bits per heavy atom. The maximum Gasteiger partial charge on any atom is 0.238 e. The van der Waals surface area contributed by atoms with Gasteiger partial charge in [-0.05, 0) is 13.3 Å². The second-order valence-corrected chi connectivity index (χ2v) is 5.23. The number of carbonyl (C=O) groups excluding carboxylic acids is 1. The molecule has 2 aliphatic heterocycles. The highest BCUT2D eigenvalue weighted by atomic mass is 127. The molecule has 14 heavy (non-hydrogen) atoms. The van der Waals surface area contributed by atoms with Gasteiger partial charge in [0.25, 0.3) is 0 Å². The number of hydrogen-bond donors (Lipinski definition) is 1. The molecule has 1 amide bonds. The summed E-state index contributed by atoms with van der Waals surface area (Å²) in [5, 5.41) is 3.21. The SMILES string of the molecule is CC1=CNC2N(C)C(=O)C(I)CCN12. The Morgan fingerprint density at radius 2 is 2.36 bits per heavy atom. The largest absolute Gasteiger partial charge is 0.353 e. The van der Waals surface area contributed by atoms with Gasteiger partial charge < -0.3 is 15.1 Å². The highest BCUT2D eigenvalue weighted by Crippen LogP contribution is 2.24. The van der Waals surface area contributed by atoms with Crippen molar-refractivity contribution in [1.82, 2.24) is 15.1 Å². The molecule has 1 fully saturated rings. The Bertz CT molecular complexity index is 292. The maximum absolute atomic E-state index is 11.8. The molecule has 5 heteroatoms. The number of hydrogen-bond acceptors (Lipinski definition) is 3. The van der Waals surface area contributed by atoms with E-state index < -0.39 is 0 Å². The quantitative estimate of drug-likeness (QED) is 0.529. The Labute approximate surface area is 97.5 Å². The lowest BCUT2D eigenvalue weighted by atomic mass is 10.3. The van der Waals surface area contributed by atoms with Crippen LogP contribution in [0.2, 0.25) is 0 Å². The van der Waals surface area contributed by atoms with E-state index in [1.54, 1.807) is 4.90 Å². The number of fused-ring (bicyclic) bond motifs is 1. The minimum absolute atomic E-state index is 0.0299. The van der Waals surface area contributed by atoms with Gasteiger partial charge in [0.2, 0.25) is 5.91 Å². The van der Waals surface area contributed by atoms with Gasteiger partial charge in [-0.3, -0.25) is 4.79 Å². The van der Waals surface area contributed by atoms with Crippen LogP contribution in [0.3, 0.4) is 0 Å². The van der Waals surface area contributed by atoms with Crippen LogP contribution < -0.4 is 5.32 Å². The summed E-state index contributed by atoms with van der Waals surface area (Å²) in [6, 6.07) is 0. The van der Waals surface area contributed by atoms with Crippen LogP contribution in [0.15, 0.2) is 11.9 Å². The Hall–Kier alpha value is -0.460. The topological polar surface area (TPSA) is 35.6 Å². The smallest absolute Gasteiger partial charge is 0.238 e. The molecule has 0 spiro atoms. The van der Waals surface area contributed by atoms with Crippen molar-refractivity contribution >= 4 is 28.5 Å². The Kier molecular flexibility index (Phi) is 2.59. The molecule has 0 aliphatic carbocycles. The first kappa shape index (κ1) is 10.1. The highest BCUT2D eigenvalue weighted by Gasteiger charge is 2.35. The summed E-state index contributed by atoms with van der Waals surface area (Å²) < 4.78 is 0.109. The van der Waals surface area contributed by atoms with Crippen LogP contribution in [0, 0.1) is 0 Å². The van der Waals surface area contributed by atoms with Crippen LogP contribution in [-0.2, 0) is 4.79 Å². The third-order valence-electron chi connectivity index (χ3n) is 2.80. The minimum Gasteiger partial charge on any atom is -0.353 e. The van der Waals surface area contributed by atoms with Crippen LogP contribution in [0.5, 0.6) is 0 Å². The van der Waals surface area contributed by atoms with Crippen LogP contribution in [0.1, 0.15) is 13.3 Å². The Morgan fingerprint density at radius 3 is 3.07 bits per heavy atom. The van der Waals surface area contributed by atoms with E-state index in [1.807, 2.05) is 13.2 Å². The molecule has 0 aromatic rings. The van der Waals surface area contributed by atoms with Crippen molar-refractivity contribution < 1.29 is 4.79 Å². The highest BCUT2D eigenvalue weighted by molar-refractivity contribution is 14.1. The van der Waals surface area contributed by atoms with Gasteiger partial charge in [-0.2, -0.15) is 0 Å². The van der Waals surface area contributed by atoms with E-state index >= 15 is 0 Å². The molecule has 78 valence electrons. The van der Waals surface area contributed by atoms with Crippen LogP contribution in [0.4, 0.5) is 0 Å². The molecule has 0 aromatic carbocycles. The number of halogens is 1. The van der Waals surface area contributed by atoms with Crippen molar-refractivity contribution in [3.05, 3.63) is 11.9 Å². The van der Waals surface area contributed by atoms with Crippen molar-refractivity contribution in [2.45, 2.75) is 23.6 Å². The summed E-state index contributed by atoms with van der Waals surface area (Å²) in [6.45, 7) is 3.02. The average Bonchev–Trinajstić information content (AvgIpc) is 2.49. The van der Waals surface area contributed by atoms with Gasteiger partial charge in [0.15, 0.2) is 6.29 Å². The predicted octanol–water partition coefficient (Wildman–Crippen LogP) is 0.702. The predicted molar refractivity (Wildman–Crippen MR) is 62.6 cm³/mol. The normalized spacial score (nSPS) is 32.2. The van der Waals surface area contributed by atoms with E-state index in [1.165, 1.54) is 5.70 Å². The van der Waals surface area contributed by atoms with Crippen LogP contribution in [-0.4, -0.2) is 39.5 Å². The van der Waals surface area contributed by atoms with Crippen molar-refractivity contribution in [2.24, 2.45) is 0 Å². The first-order chi connectivity index (χ1) is 6.61. The number of nitrogens with zero attached hydrogens (tertiary/aromatic N) is 2. The fourth-order valence-electron chi connectivity index (χ4n) is 1.90. The number of nitrogens with one attached hydrogen (secondary N) is 1. The van der Waals surface area contributed by atoms with E-state index in [0.717, 1.165) is 13.0 Å². The van der Waals surface area contributed by atoms with Crippen LogP contribution >= 0.6 is 22.6 Å². The van der Waals surface area contributed by atoms with Crippen LogP contribution in [0.25, 0.3) is 0 Å².